The van der Waals surface area contributed by atoms with Gasteiger partial charge >= 0.3 is 0 Å². The summed E-state index contributed by atoms with van der Waals surface area (Å²) in [5, 5.41) is 14.3. The molecule has 4 aliphatic rings. The standard InChI is InChI=1S/C38H27Cl2F2N3O5/c39-37-19-28-25(17-18-26-30(28)34(48)44(33(26)47)23-15-11-22(12-16-23)43-21-5-2-1-3-6-21)31(27-7-4-8-29(42)32(27)46)38(37,40)36(50)45(35(37)49)24-13-9-20(41)10-14-24/h1-17,26,28,30-31,43,46H,18-19H2. The fourth-order valence-corrected chi connectivity index (χ4v) is 9.07. The first-order valence-corrected chi connectivity index (χ1v) is 16.7. The summed E-state index contributed by atoms with van der Waals surface area (Å²) in [6.45, 7) is 0. The maximum atomic E-state index is 14.9. The number of phenols is 1. The van der Waals surface area contributed by atoms with Crippen molar-refractivity contribution >= 4 is 69.6 Å². The Hall–Kier alpha value is -5.06. The highest BCUT2D eigenvalue weighted by Gasteiger charge is 2.77. The minimum Gasteiger partial charge on any atom is -0.505 e. The Morgan fingerprint density at radius 1 is 0.720 bits per heavy atom. The zero-order chi connectivity index (χ0) is 35.1. The molecule has 0 radical (unpaired) electrons. The van der Waals surface area contributed by atoms with Gasteiger partial charge < -0.3 is 10.4 Å². The number of aromatic hydroxyl groups is 1. The highest BCUT2D eigenvalue weighted by atomic mass is 35.5. The molecule has 0 bridgehead atoms. The Morgan fingerprint density at radius 2 is 1.36 bits per heavy atom. The molecule has 2 saturated heterocycles. The number of halogens is 4. The highest BCUT2D eigenvalue weighted by molar-refractivity contribution is 6.58. The van der Waals surface area contributed by atoms with Crippen molar-refractivity contribution in [3.8, 4) is 5.75 Å². The van der Waals surface area contributed by atoms with Crippen molar-refractivity contribution in [2.24, 2.45) is 17.8 Å². The zero-order valence-electron chi connectivity index (χ0n) is 26.0. The van der Waals surface area contributed by atoms with E-state index in [0.29, 0.717) is 11.3 Å². The molecule has 8 rings (SSSR count). The van der Waals surface area contributed by atoms with Gasteiger partial charge in [0.15, 0.2) is 21.3 Å². The Kier molecular flexibility index (Phi) is 7.40. The number of carbonyl (C=O) groups is 4. The number of hydrogen-bond acceptors (Lipinski definition) is 6. The second-order valence-corrected chi connectivity index (χ2v) is 14.2. The summed E-state index contributed by atoms with van der Waals surface area (Å²) in [6.07, 6.45) is 1.47. The molecule has 1 saturated carbocycles. The number of fused-ring (bicyclic) bond motifs is 4. The molecule has 2 heterocycles. The Bertz CT molecular complexity index is 2130. The third-order valence-electron chi connectivity index (χ3n) is 10.4. The number of nitrogens with zero attached hydrogens (tertiary/aromatic N) is 2. The van der Waals surface area contributed by atoms with Gasteiger partial charge in [0, 0.05) is 22.9 Å². The fraction of sp³-hybridized carbons (Fsp3) is 0.211. The number of imide groups is 2. The largest absolute Gasteiger partial charge is 0.505 e. The number of alkyl halides is 2. The minimum atomic E-state index is -2.30. The second-order valence-electron chi connectivity index (χ2n) is 13.0. The lowest BCUT2D eigenvalue weighted by molar-refractivity contribution is -0.125. The maximum Gasteiger partial charge on any atom is 0.258 e. The van der Waals surface area contributed by atoms with Crippen molar-refractivity contribution in [2.75, 3.05) is 15.1 Å². The number of rotatable bonds is 5. The lowest BCUT2D eigenvalue weighted by Gasteiger charge is -2.50. The van der Waals surface area contributed by atoms with E-state index in [0.717, 1.165) is 39.4 Å². The summed E-state index contributed by atoms with van der Waals surface area (Å²) in [5.41, 5.74) is 2.26. The number of nitrogens with one attached hydrogen (secondary N) is 1. The van der Waals surface area contributed by atoms with Crippen LogP contribution >= 0.6 is 23.2 Å². The van der Waals surface area contributed by atoms with Crippen LogP contribution in [0.1, 0.15) is 24.3 Å². The molecule has 0 spiro atoms. The van der Waals surface area contributed by atoms with Crippen LogP contribution < -0.4 is 15.1 Å². The van der Waals surface area contributed by atoms with Gasteiger partial charge in [0.25, 0.3) is 11.8 Å². The number of hydrogen-bond donors (Lipinski definition) is 2. The molecular weight excluding hydrogens is 687 g/mol. The van der Waals surface area contributed by atoms with Gasteiger partial charge in [-0.05, 0) is 85.5 Å². The predicted octanol–water partition coefficient (Wildman–Crippen LogP) is 7.18. The van der Waals surface area contributed by atoms with Crippen LogP contribution in [0.4, 0.5) is 31.5 Å². The maximum absolute atomic E-state index is 14.9. The molecule has 50 heavy (non-hydrogen) atoms. The van der Waals surface area contributed by atoms with Gasteiger partial charge in [-0.15, -0.1) is 23.2 Å². The van der Waals surface area contributed by atoms with Gasteiger partial charge in [-0.1, -0.05) is 42.0 Å². The number of anilines is 4. The van der Waals surface area contributed by atoms with E-state index in [-0.39, 0.29) is 24.1 Å². The molecule has 4 amide bonds. The first-order chi connectivity index (χ1) is 24.0. The summed E-state index contributed by atoms with van der Waals surface area (Å²) < 4.78 is 28.8. The Balaban J connectivity index is 1.21. The van der Waals surface area contributed by atoms with Crippen molar-refractivity contribution in [3.05, 3.63) is 126 Å². The van der Waals surface area contributed by atoms with E-state index in [1.54, 1.807) is 30.3 Å². The average molecular weight is 715 g/mol. The van der Waals surface area contributed by atoms with Crippen molar-refractivity contribution in [1.29, 1.82) is 0 Å². The van der Waals surface area contributed by atoms with Gasteiger partial charge in [-0.25, -0.2) is 13.7 Å². The minimum absolute atomic E-state index is 0.0105. The summed E-state index contributed by atoms with van der Waals surface area (Å²) >= 11 is 14.6. The molecule has 12 heteroatoms. The monoisotopic (exact) mass is 713 g/mol. The van der Waals surface area contributed by atoms with E-state index in [1.165, 1.54) is 24.3 Å². The van der Waals surface area contributed by atoms with E-state index >= 15 is 0 Å². The second kappa shape index (κ2) is 11.5. The van der Waals surface area contributed by atoms with Crippen LogP contribution in [0.5, 0.6) is 5.75 Å². The molecular formula is C38H27Cl2F2N3O5. The lowest BCUT2D eigenvalue weighted by atomic mass is 9.56. The number of carbonyl (C=O) groups excluding carboxylic acids is 4. The van der Waals surface area contributed by atoms with E-state index in [2.05, 4.69) is 5.32 Å². The van der Waals surface area contributed by atoms with E-state index < -0.39 is 74.4 Å². The van der Waals surface area contributed by atoms with Crippen molar-refractivity contribution in [1.82, 2.24) is 0 Å². The average Bonchev–Trinajstić information content (AvgIpc) is 3.45. The van der Waals surface area contributed by atoms with Crippen molar-refractivity contribution in [3.63, 3.8) is 0 Å². The summed E-state index contributed by atoms with van der Waals surface area (Å²) in [6, 6.07) is 24.7. The Labute approximate surface area is 294 Å². The number of amides is 4. The number of phenolic OH excluding ortho intramolecular Hbond substituents is 1. The number of allylic oxidation sites excluding steroid dienone is 2. The van der Waals surface area contributed by atoms with Crippen LogP contribution in [-0.2, 0) is 19.2 Å². The van der Waals surface area contributed by atoms with E-state index in [9.17, 15) is 33.1 Å². The van der Waals surface area contributed by atoms with Crippen LogP contribution in [0.25, 0.3) is 0 Å². The van der Waals surface area contributed by atoms with Gasteiger partial charge in [0.05, 0.1) is 23.2 Å². The third kappa shape index (κ3) is 4.47. The van der Waals surface area contributed by atoms with Crippen LogP contribution in [0.3, 0.4) is 0 Å². The summed E-state index contributed by atoms with van der Waals surface area (Å²) in [5.74, 6) is -9.28. The van der Waals surface area contributed by atoms with Crippen LogP contribution in [0, 0.1) is 29.4 Å². The molecule has 0 aromatic heterocycles. The van der Waals surface area contributed by atoms with Gasteiger partial charge in [0.1, 0.15) is 5.82 Å². The predicted molar refractivity (Wildman–Crippen MR) is 183 cm³/mol. The Morgan fingerprint density at radius 3 is 2.06 bits per heavy atom. The van der Waals surface area contributed by atoms with Crippen molar-refractivity contribution in [2.45, 2.75) is 28.5 Å². The van der Waals surface area contributed by atoms with Crippen LogP contribution in [0.2, 0.25) is 0 Å². The van der Waals surface area contributed by atoms with Crippen LogP contribution in [0.15, 0.2) is 109 Å². The van der Waals surface area contributed by atoms with Crippen LogP contribution in [-0.4, -0.2) is 38.5 Å². The molecule has 3 fully saturated rings. The smallest absolute Gasteiger partial charge is 0.258 e. The molecule has 6 unspecified atom stereocenters. The fourth-order valence-electron chi connectivity index (χ4n) is 8.15. The van der Waals surface area contributed by atoms with Gasteiger partial charge in [-0.3, -0.25) is 24.1 Å². The summed E-state index contributed by atoms with van der Waals surface area (Å²) in [4.78, 5) is 54.4. The molecule has 2 N–H and O–H groups in total. The zero-order valence-corrected chi connectivity index (χ0v) is 27.5. The molecule has 4 aromatic carbocycles. The quantitative estimate of drug-likeness (QED) is 0.129. The normalized spacial score (nSPS) is 28.7. The van der Waals surface area contributed by atoms with E-state index in [1.807, 2.05) is 30.3 Å². The molecule has 4 aromatic rings. The third-order valence-corrected chi connectivity index (χ3v) is 11.8. The molecule has 2 aliphatic heterocycles. The molecule has 2 aliphatic carbocycles. The van der Waals surface area contributed by atoms with Crippen molar-refractivity contribution < 1.29 is 33.1 Å². The molecule has 8 nitrogen and oxygen atoms in total. The van der Waals surface area contributed by atoms with Gasteiger partial charge in [0.2, 0.25) is 11.8 Å². The van der Waals surface area contributed by atoms with Gasteiger partial charge in [-0.2, -0.15) is 0 Å². The first kappa shape index (κ1) is 32.2. The highest BCUT2D eigenvalue weighted by Crippen LogP contribution is 2.66. The topological polar surface area (TPSA) is 107 Å². The number of benzene rings is 4. The molecule has 252 valence electrons. The molecule has 6 atom stereocenters. The number of para-hydroxylation sites is 2. The lowest BCUT2D eigenvalue weighted by Crippen LogP contribution is -2.60. The first-order valence-electron chi connectivity index (χ1n) is 16.0. The summed E-state index contributed by atoms with van der Waals surface area (Å²) in [7, 11) is 0. The SMILES string of the molecule is O=C1C2CC=C3C(CC4(Cl)C(=O)N(c5ccc(F)cc5)C(=O)C4(Cl)C3c3cccc(F)c3O)C2C(=O)N1c1ccc(Nc2ccccc2)cc1. The van der Waals surface area contributed by atoms with E-state index in [4.69, 9.17) is 23.2 Å².